The second-order valence-corrected chi connectivity index (χ2v) is 4.23. The number of ether oxygens (including phenoxy) is 2. The first-order valence-corrected chi connectivity index (χ1v) is 5.96. The van der Waals surface area contributed by atoms with Crippen LogP contribution in [0.3, 0.4) is 0 Å². The van der Waals surface area contributed by atoms with Crippen LogP contribution in [0.25, 0.3) is 0 Å². The van der Waals surface area contributed by atoms with Crippen LogP contribution in [-0.4, -0.2) is 6.36 Å². The van der Waals surface area contributed by atoms with Crippen LogP contribution in [0.1, 0.15) is 5.56 Å². The van der Waals surface area contributed by atoms with Crippen molar-refractivity contribution in [3.05, 3.63) is 48.0 Å². The van der Waals surface area contributed by atoms with Gasteiger partial charge >= 0.3 is 6.36 Å². The Hall–Kier alpha value is -2.57. The molecule has 0 saturated carbocycles. The van der Waals surface area contributed by atoms with E-state index in [4.69, 9.17) is 16.2 Å². The summed E-state index contributed by atoms with van der Waals surface area (Å²) in [5, 5.41) is 0. The molecule has 0 saturated heterocycles. The third-order valence-electron chi connectivity index (χ3n) is 2.65. The average Bonchev–Trinajstić information content (AvgIpc) is 2.40. The van der Waals surface area contributed by atoms with E-state index in [1.807, 2.05) is 0 Å². The predicted octanol–water partition coefficient (Wildman–Crippen LogP) is 3.33. The molecule has 2 aromatic carbocycles. The lowest BCUT2D eigenvalue weighted by Crippen LogP contribution is -2.18. The summed E-state index contributed by atoms with van der Waals surface area (Å²) >= 11 is 0. The van der Waals surface area contributed by atoms with Gasteiger partial charge in [-0.3, -0.25) is 0 Å². The molecule has 0 aliphatic rings. The number of hydrogen-bond donors (Lipinski definition) is 2. The molecule has 112 valence electrons. The van der Waals surface area contributed by atoms with Gasteiger partial charge in [-0.25, -0.2) is 0 Å². The number of anilines is 2. The maximum Gasteiger partial charge on any atom is 0.573 e. The Kier molecular flexibility index (Phi) is 4.11. The van der Waals surface area contributed by atoms with Crippen LogP contribution in [0.15, 0.2) is 42.5 Å². The summed E-state index contributed by atoms with van der Waals surface area (Å²) in [4.78, 5) is 0. The normalized spacial score (nSPS) is 11.2. The highest BCUT2D eigenvalue weighted by Crippen LogP contribution is 2.28. The van der Waals surface area contributed by atoms with Crippen molar-refractivity contribution < 1.29 is 22.6 Å². The molecule has 0 radical (unpaired) electrons. The first kappa shape index (κ1) is 14.8. The fourth-order valence-electron chi connectivity index (χ4n) is 1.65. The number of halogens is 3. The third-order valence-corrected chi connectivity index (χ3v) is 2.65. The molecule has 0 fully saturated rings. The van der Waals surface area contributed by atoms with Crippen molar-refractivity contribution in [2.75, 3.05) is 11.5 Å². The Bertz CT molecular complexity index is 630. The quantitative estimate of drug-likeness (QED) is 0.849. The Morgan fingerprint density at radius 1 is 0.952 bits per heavy atom. The van der Waals surface area contributed by atoms with Crippen molar-refractivity contribution in [2.45, 2.75) is 13.0 Å². The summed E-state index contributed by atoms with van der Waals surface area (Å²) in [5.41, 5.74) is 12.2. The zero-order valence-corrected chi connectivity index (χ0v) is 10.9. The average molecular weight is 298 g/mol. The zero-order chi connectivity index (χ0) is 15.5. The molecule has 0 bridgehead atoms. The molecule has 7 heteroatoms. The molecule has 4 N–H and O–H groups in total. The number of para-hydroxylation sites is 1. The van der Waals surface area contributed by atoms with E-state index in [1.165, 1.54) is 24.3 Å². The molecule has 0 amide bonds. The molecule has 0 aliphatic carbocycles. The highest BCUT2D eigenvalue weighted by molar-refractivity contribution is 5.65. The summed E-state index contributed by atoms with van der Waals surface area (Å²) in [7, 11) is 0. The minimum atomic E-state index is -4.75. The summed E-state index contributed by atoms with van der Waals surface area (Å²) in [6.45, 7) is -0.0877. The Morgan fingerprint density at radius 3 is 2.33 bits per heavy atom. The van der Waals surface area contributed by atoms with E-state index in [9.17, 15) is 13.2 Å². The Labute approximate surface area is 119 Å². The first-order chi connectivity index (χ1) is 9.85. The van der Waals surface area contributed by atoms with Gasteiger partial charge in [-0.1, -0.05) is 18.2 Å². The van der Waals surface area contributed by atoms with Gasteiger partial charge in [-0.05, 0) is 18.2 Å². The standard InChI is InChI=1S/C14H13F3N2O2/c15-14(16,17)21-13-4-2-1-3-9(13)8-20-10-5-6-11(18)12(19)7-10/h1-7H,8,18-19H2. The summed E-state index contributed by atoms with van der Waals surface area (Å²) in [6, 6.07) is 10.4. The number of alkyl halides is 3. The van der Waals surface area contributed by atoms with Crippen molar-refractivity contribution in [1.82, 2.24) is 0 Å². The molecule has 0 unspecified atom stereocenters. The van der Waals surface area contributed by atoms with Crippen LogP contribution in [0, 0.1) is 0 Å². The second kappa shape index (κ2) is 5.82. The van der Waals surface area contributed by atoms with Gasteiger partial charge in [0.15, 0.2) is 0 Å². The molecule has 0 aliphatic heterocycles. The molecule has 0 atom stereocenters. The van der Waals surface area contributed by atoms with E-state index < -0.39 is 6.36 Å². The SMILES string of the molecule is Nc1ccc(OCc2ccccc2OC(F)(F)F)cc1N. The molecule has 0 aromatic heterocycles. The molecular weight excluding hydrogens is 285 g/mol. The largest absolute Gasteiger partial charge is 0.573 e. The molecule has 2 rings (SSSR count). The zero-order valence-electron chi connectivity index (χ0n) is 10.9. The van der Waals surface area contributed by atoms with E-state index >= 15 is 0 Å². The van der Waals surface area contributed by atoms with Crippen molar-refractivity contribution >= 4 is 11.4 Å². The van der Waals surface area contributed by atoms with E-state index in [1.54, 1.807) is 18.2 Å². The summed E-state index contributed by atoms with van der Waals surface area (Å²) < 4.78 is 46.2. The number of hydrogen-bond acceptors (Lipinski definition) is 4. The fourth-order valence-corrected chi connectivity index (χ4v) is 1.65. The highest BCUT2D eigenvalue weighted by atomic mass is 19.4. The Morgan fingerprint density at radius 2 is 1.67 bits per heavy atom. The first-order valence-electron chi connectivity index (χ1n) is 5.96. The molecule has 0 spiro atoms. The van der Waals surface area contributed by atoms with Crippen LogP contribution in [0.5, 0.6) is 11.5 Å². The topological polar surface area (TPSA) is 70.5 Å². The fraction of sp³-hybridized carbons (Fsp3) is 0.143. The minimum Gasteiger partial charge on any atom is -0.489 e. The lowest BCUT2D eigenvalue weighted by molar-refractivity contribution is -0.275. The lowest BCUT2D eigenvalue weighted by Gasteiger charge is -2.14. The van der Waals surface area contributed by atoms with Crippen LogP contribution in [0.2, 0.25) is 0 Å². The number of benzene rings is 2. The number of rotatable bonds is 4. The van der Waals surface area contributed by atoms with Gasteiger partial charge < -0.3 is 20.9 Å². The second-order valence-electron chi connectivity index (χ2n) is 4.23. The van der Waals surface area contributed by atoms with Crippen LogP contribution < -0.4 is 20.9 Å². The maximum absolute atomic E-state index is 12.3. The van der Waals surface area contributed by atoms with Gasteiger partial charge in [0.05, 0.1) is 11.4 Å². The van der Waals surface area contributed by atoms with Crippen molar-refractivity contribution in [2.24, 2.45) is 0 Å². The van der Waals surface area contributed by atoms with Gasteiger partial charge in [0.2, 0.25) is 0 Å². The van der Waals surface area contributed by atoms with E-state index in [0.29, 0.717) is 17.1 Å². The minimum absolute atomic E-state index is 0.0877. The summed E-state index contributed by atoms with van der Waals surface area (Å²) in [5.74, 6) is 0.108. The van der Waals surface area contributed by atoms with Gasteiger partial charge in [0, 0.05) is 11.6 Å². The van der Waals surface area contributed by atoms with Crippen molar-refractivity contribution in [1.29, 1.82) is 0 Å². The van der Waals surface area contributed by atoms with E-state index in [-0.39, 0.29) is 17.9 Å². The van der Waals surface area contributed by atoms with Crippen LogP contribution in [0.4, 0.5) is 24.5 Å². The number of nitrogens with two attached hydrogens (primary N) is 2. The third kappa shape index (κ3) is 4.20. The molecule has 21 heavy (non-hydrogen) atoms. The monoisotopic (exact) mass is 298 g/mol. The molecule has 2 aromatic rings. The molecule has 4 nitrogen and oxygen atoms in total. The van der Waals surface area contributed by atoms with Gasteiger partial charge in [0.25, 0.3) is 0 Å². The van der Waals surface area contributed by atoms with Gasteiger partial charge in [0.1, 0.15) is 18.1 Å². The summed E-state index contributed by atoms with van der Waals surface area (Å²) in [6.07, 6.45) is -4.75. The van der Waals surface area contributed by atoms with Crippen molar-refractivity contribution in [3.8, 4) is 11.5 Å². The molecule has 0 heterocycles. The lowest BCUT2D eigenvalue weighted by atomic mass is 10.2. The molecular formula is C14H13F3N2O2. The van der Waals surface area contributed by atoms with Crippen molar-refractivity contribution in [3.63, 3.8) is 0 Å². The van der Waals surface area contributed by atoms with Gasteiger partial charge in [-0.2, -0.15) is 0 Å². The van der Waals surface area contributed by atoms with E-state index in [2.05, 4.69) is 4.74 Å². The van der Waals surface area contributed by atoms with E-state index in [0.717, 1.165) is 0 Å². The van der Waals surface area contributed by atoms with Crippen LogP contribution >= 0.6 is 0 Å². The predicted molar refractivity (Wildman–Crippen MR) is 72.7 cm³/mol. The highest BCUT2D eigenvalue weighted by Gasteiger charge is 2.32. The Balaban J connectivity index is 2.11. The smallest absolute Gasteiger partial charge is 0.489 e. The number of nitrogen functional groups attached to an aromatic ring is 2. The van der Waals surface area contributed by atoms with Gasteiger partial charge in [-0.15, -0.1) is 13.2 Å². The van der Waals surface area contributed by atoms with Crippen LogP contribution in [-0.2, 0) is 6.61 Å². The maximum atomic E-state index is 12.3.